The lowest BCUT2D eigenvalue weighted by atomic mass is 10.3. The summed E-state index contributed by atoms with van der Waals surface area (Å²) in [5.74, 6) is 0.607. The van der Waals surface area contributed by atoms with E-state index < -0.39 is 6.10 Å². The topological polar surface area (TPSA) is 87.6 Å². The first-order chi connectivity index (χ1) is 8.22. The standard InChI is InChI=1S/C9H8ClN5OS/c10-3-9-12-14-15(13-9)5-7(16)8-2-1-6(4-11)17-8/h1-2,7,16H,3,5H2/t7-/m0/s1. The number of hydrogen-bond acceptors (Lipinski definition) is 6. The molecule has 1 atom stereocenters. The first kappa shape index (κ1) is 12.0. The van der Waals surface area contributed by atoms with E-state index >= 15 is 0 Å². The molecule has 6 nitrogen and oxygen atoms in total. The molecule has 0 saturated heterocycles. The first-order valence-electron chi connectivity index (χ1n) is 4.73. The van der Waals surface area contributed by atoms with Gasteiger partial charge in [-0.3, -0.25) is 0 Å². The molecule has 8 heteroatoms. The van der Waals surface area contributed by atoms with Gasteiger partial charge >= 0.3 is 0 Å². The van der Waals surface area contributed by atoms with Gasteiger partial charge in [-0.2, -0.15) is 10.1 Å². The van der Waals surface area contributed by atoms with E-state index in [0.29, 0.717) is 15.6 Å². The molecule has 2 aromatic rings. The van der Waals surface area contributed by atoms with Crippen LogP contribution < -0.4 is 0 Å². The molecular formula is C9H8ClN5OS. The van der Waals surface area contributed by atoms with Gasteiger partial charge in [0.1, 0.15) is 17.1 Å². The average Bonchev–Trinajstić information content (AvgIpc) is 2.96. The predicted octanol–water partition coefficient (Wildman–Crippen LogP) is 1.08. The number of nitrogens with zero attached hydrogens (tertiary/aromatic N) is 5. The number of hydrogen-bond donors (Lipinski definition) is 1. The Hall–Kier alpha value is -1.49. The number of aromatic nitrogens is 4. The molecule has 2 rings (SSSR count). The van der Waals surface area contributed by atoms with E-state index in [9.17, 15) is 5.11 Å². The van der Waals surface area contributed by atoms with Crippen molar-refractivity contribution < 1.29 is 5.11 Å². The highest BCUT2D eigenvalue weighted by Crippen LogP contribution is 2.23. The van der Waals surface area contributed by atoms with Crippen LogP contribution in [0, 0.1) is 11.3 Å². The fourth-order valence-electron chi connectivity index (χ4n) is 1.24. The molecule has 0 aliphatic rings. The number of tetrazole rings is 1. The van der Waals surface area contributed by atoms with Crippen LogP contribution in [0.5, 0.6) is 0 Å². The van der Waals surface area contributed by atoms with Gasteiger partial charge in [0.25, 0.3) is 0 Å². The number of aliphatic hydroxyl groups excluding tert-OH is 1. The van der Waals surface area contributed by atoms with Gasteiger partial charge in [0.2, 0.25) is 0 Å². The van der Waals surface area contributed by atoms with Crippen molar-refractivity contribution in [3.8, 4) is 6.07 Å². The minimum Gasteiger partial charge on any atom is -0.386 e. The van der Waals surface area contributed by atoms with E-state index in [0.717, 1.165) is 0 Å². The van der Waals surface area contributed by atoms with Crippen molar-refractivity contribution in [1.82, 2.24) is 20.2 Å². The monoisotopic (exact) mass is 269 g/mol. The van der Waals surface area contributed by atoms with Crippen LogP contribution in [-0.4, -0.2) is 25.3 Å². The quantitative estimate of drug-likeness (QED) is 0.839. The van der Waals surface area contributed by atoms with Gasteiger partial charge in [-0.15, -0.1) is 33.1 Å². The fraction of sp³-hybridized carbons (Fsp3) is 0.333. The summed E-state index contributed by atoms with van der Waals surface area (Å²) in [6.07, 6.45) is -0.750. The average molecular weight is 270 g/mol. The molecule has 0 amide bonds. The van der Waals surface area contributed by atoms with Crippen LogP contribution in [0.25, 0.3) is 0 Å². The van der Waals surface area contributed by atoms with E-state index in [2.05, 4.69) is 15.4 Å². The highest BCUT2D eigenvalue weighted by atomic mass is 35.5. The Morgan fingerprint density at radius 1 is 1.59 bits per heavy atom. The van der Waals surface area contributed by atoms with Crippen molar-refractivity contribution in [3.63, 3.8) is 0 Å². The van der Waals surface area contributed by atoms with Gasteiger partial charge in [-0.1, -0.05) is 0 Å². The normalized spacial score (nSPS) is 12.3. The molecule has 0 bridgehead atoms. The smallest absolute Gasteiger partial charge is 0.189 e. The SMILES string of the molecule is N#Cc1ccc([C@@H](O)Cn2nnc(CCl)n2)s1. The Labute approximate surface area is 106 Å². The van der Waals surface area contributed by atoms with Crippen molar-refractivity contribution in [2.75, 3.05) is 0 Å². The second-order valence-corrected chi connectivity index (χ2v) is 4.61. The van der Waals surface area contributed by atoms with E-state index in [4.69, 9.17) is 16.9 Å². The Kier molecular flexibility index (Phi) is 3.68. The van der Waals surface area contributed by atoms with Gasteiger partial charge < -0.3 is 5.11 Å². The minimum absolute atomic E-state index is 0.188. The van der Waals surface area contributed by atoms with Crippen LogP contribution in [0.3, 0.4) is 0 Å². The van der Waals surface area contributed by atoms with E-state index in [1.165, 1.54) is 16.1 Å². The Bertz CT molecular complexity index is 546. The van der Waals surface area contributed by atoms with Crippen molar-refractivity contribution in [2.24, 2.45) is 0 Å². The maximum atomic E-state index is 9.90. The zero-order valence-electron chi connectivity index (χ0n) is 8.62. The summed E-state index contributed by atoms with van der Waals surface area (Å²) in [6.45, 7) is 0.190. The van der Waals surface area contributed by atoms with Gasteiger partial charge in [-0.05, 0) is 17.3 Å². The maximum Gasteiger partial charge on any atom is 0.189 e. The molecule has 88 valence electrons. The summed E-state index contributed by atoms with van der Waals surface area (Å²) in [7, 11) is 0. The number of nitriles is 1. The van der Waals surface area contributed by atoms with Gasteiger partial charge in [0.05, 0.1) is 12.4 Å². The second-order valence-electron chi connectivity index (χ2n) is 3.22. The molecule has 0 fully saturated rings. The number of alkyl halides is 1. The first-order valence-corrected chi connectivity index (χ1v) is 6.08. The maximum absolute atomic E-state index is 9.90. The largest absolute Gasteiger partial charge is 0.386 e. The van der Waals surface area contributed by atoms with Crippen molar-refractivity contribution in [3.05, 3.63) is 27.7 Å². The summed E-state index contributed by atoms with van der Waals surface area (Å²) >= 11 is 6.79. The summed E-state index contributed by atoms with van der Waals surface area (Å²) in [5, 5.41) is 30.0. The summed E-state index contributed by atoms with van der Waals surface area (Å²) in [5.41, 5.74) is 0. The van der Waals surface area contributed by atoms with Crippen LogP contribution >= 0.6 is 22.9 Å². The highest BCUT2D eigenvalue weighted by Gasteiger charge is 2.13. The van der Waals surface area contributed by atoms with Crippen molar-refractivity contribution in [1.29, 1.82) is 5.26 Å². The lowest BCUT2D eigenvalue weighted by molar-refractivity contribution is 0.148. The van der Waals surface area contributed by atoms with Crippen LogP contribution in [0.4, 0.5) is 0 Å². The second kappa shape index (κ2) is 5.23. The molecule has 0 radical (unpaired) electrons. The molecule has 0 unspecified atom stereocenters. The number of halogens is 1. The van der Waals surface area contributed by atoms with Gasteiger partial charge in [0.15, 0.2) is 5.82 Å². The molecule has 0 aromatic carbocycles. The molecule has 0 saturated carbocycles. The van der Waals surface area contributed by atoms with E-state index in [-0.39, 0.29) is 12.4 Å². The Balaban J connectivity index is 2.06. The number of aliphatic hydroxyl groups is 1. The summed E-state index contributed by atoms with van der Waals surface area (Å²) < 4.78 is 0. The number of rotatable bonds is 4. The van der Waals surface area contributed by atoms with Gasteiger partial charge in [-0.25, -0.2) is 0 Å². The molecule has 1 N–H and O–H groups in total. The predicted molar refractivity (Wildman–Crippen MR) is 61.4 cm³/mol. The summed E-state index contributed by atoms with van der Waals surface area (Å²) in [6, 6.07) is 5.40. The minimum atomic E-state index is -0.750. The molecule has 0 aliphatic carbocycles. The zero-order chi connectivity index (χ0) is 12.3. The summed E-state index contributed by atoms with van der Waals surface area (Å²) in [4.78, 5) is 2.55. The fourth-order valence-corrected chi connectivity index (χ4v) is 2.13. The van der Waals surface area contributed by atoms with Crippen LogP contribution in [-0.2, 0) is 12.4 Å². The van der Waals surface area contributed by atoms with E-state index in [1.807, 2.05) is 6.07 Å². The van der Waals surface area contributed by atoms with Crippen LogP contribution in [0.15, 0.2) is 12.1 Å². The van der Waals surface area contributed by atoms with E-state index in [1.54, 1.807) is 12.1 Å². The lowest BCUT2D eigenvalue weighted by Crippen LogP contribution is -2.10. The third-order valence-corrected chi connectivity index (χ3v) is 3.35. The lowest BCUT2D eigenvalue weighted by Gasteiger charge is -2.05. The molecule has 0 spiro atoms. The van der Waals surface area contributed by atoms with Crippen LogP contribution in [0.2, 0.25) is 0 Å². The van der Waals surface area contributed by atoms with Crippen LogP contribution in [0.1, 0.15) is 21.7 Å². The number of thiophene rings is 1. The van der Waals surface area contributed by atoms with Gasteiger partial charge in [0, 0.05) is 4.88 Å². The highest BCUT2D eigenvalue weighted by molar-refractivity contribution is 7.12. The third kappa shape index (κ3) is 2.79. The molecule has 17 heavy (non-hydrogen) atoms. The molecule has 2 heterocycles. The third-order valence-electron chi connectivity index (χ3n) is 2.02. The Morgan fingerprint density at radius 2 is 2.41 bits per heavy atom. The zero-order valence-corrected chi connectivity index (χ0v) is 10.2. The molecule has 2 aromatic heterocycles. The Morgan fingerprint density at radius 3 is 3.00 bits per heavy atom. The molecule has 0 aliphatic heterocycles. The van der Waals surface area contributed by atoms with Crippen molar-refractivity contribution >= 4 is 22.9 Å². The van der Waals surface area contributed by atoms with Crippen molar-refractivity contribution in [2.45, 2.75) is 18.5 Å². The molecular weight excluding hydrogens is 262 g/mol.